The fourth-order valence-corrected chi connectivity index (χ4v) is 2.57. The molecule has 0 saturated heterocycles. The van der Waals surface area contributed by atoms with Gasteiger partial charge in [0, 0.05) is 16.5 Å². The third-order valence-electron chi connectivity index (χ3n) is 2.58. The molecule has 2 aromatic heterocycles. The van der Waals surface area contributed by atoms with Crippen molar-refractivity contribution in [1.29, 1.82) is 0 Å². The predicted octanol–water partition coefficient (Wildman–Crippen LogP) is 3.59. The molecule has 2 heterocycles. The number of hydrogen-bond donors (Lipinski definition) is 1. The summed E-state index contributed by atoms with van der Waals surface area (Å²) in [5, 5.41) is 1.57. The summed E-state index contributed by atoms with van der Waals surface area (Å²) in [5.41, 5.74) is 8.55. The third kappa shape index (κ3) is 1.84. The number of benzene rings is 1. The molecule has 0 fully saturated rings. The van der Waals surface area contributed by atoms with Crippen LogP contribution < -0.4 is 5.73 Å². The fourth-order valence-electron chi connectivity index (χ4n) is 1.72. The second-order valence-corrected chi connectivity index (χ2v) is 5.01. The Morgan fingerprint density at radius 3 is 3.00 bits per heavy atom. The van der Waals surface area contributed by atoms with E-state index in [9.17, 15) is 0 Å². The fraction of sp³-hybridized carbons (Fsp3) is 0.0833. The Bertz CT molecular complexity index is 648. The van der Waals surface area contributed by atoms with Crippen LogP contribution in [0.25, 0.3) is 11.0 Å². The van der Waals surface area contributed by atoms with E-state index in [1.165, 1.54) is 11.3 Å². The maximum absolute atomic E-state index is 6.11. The van der Waals surface area contributed by atoms with Crippen LogP contribution in [0.1, 0.15) is 16.7 Å². The van der Waals surface area contributed by atoms with Crippen molar-refractivity contribution in [2.45, 2.75) is 6.04 Å². The van der Waals surface area contributed by atoms with E-state index in [2.05, 4.69) is 4.98 Å². The third-order valence-corrected chi connectivity index (χ3v) is 3.74. The van der Waals surface area contributed by atoms with E-state index >= 15 is 0 Å². The Morgan fingerprint density at radius 2 is 2.29 bits per heavy atom. The molecule has 0 bridgehead atoms. The summed E-state index contributed by atoms with van der Waals surface area (Å²) in [5.74, 6) is 0.706. The summed E-state index contributed by atoms with van der Waals surface area (Å²) in [6.07, 6.45) is 1.75. The highest BCUT2D eigenvalue weighted by atomic mass is 35.5. The number of thiazole rings is 1. The van der Waals surface area contributed by atoms with Crippen molar-refractivity contribution in [2.24, 2.45) is 5.73 Å². The van der Waals surface area contributed by atoms with Gasteiger partial charge in [-0.05, 0) is 12.1 Å². The number of halogens is 1. The highest BCUT2D eigenvalue weighted by Crippen LogP contribution is 2.31. The maximum atomic E-state index is 6.11. The number of fused-ring (bicyclic) bond motifs is 1. The van der Waals surface area contributed by atoms with Crippen LogP contribution >= 0.6 is 22.9 Å². The highest BCUT2D eigenvalue weighted by molar-refractivity contribution is 7.09. The Labute approximate surface area is 107 Å². The van der Waals surface area contributed by atoms with Crippen LogP contribution in [0.5, 0.6) is 0 Å². The van der Waals surface area contributed by atoms with E-state index in [-0.39, 0.29) is 6.04 Å². The standard InChI is InChI=1S/C12H9ClN2OS/c13-8-3-1-2-7-4-9(16-12(7)8)11(14)10-5-15-6-17-10/h1-6,11H,14H2. The second kappa shape index (κ2) is 4.14. The van der Waals surface area contributed by atoms with Gasteiger partial charge in [-0.2, -0.15) is 0 Å². The van der Waals surface area contributed by atoms with Crippen molar-refractivity contribution < 1.29 is 4.42 Å². The van der Waals surface area contributed by atoms with Crippen LogP contribution in [0.3, 0.4) is 0 Å². The molecular weight excluding hydrogens is 256 g/mol. The molecule has 3 nitrogen and oxygen atoms in total. The number of furan rings is 1. The molecule has 0 radical (unpaired) electrons. The predicted molar refractivity (Wildman–Crippen MR) is 69.4 cm³/mol. The van der Waals surface area contributed by atoms with Crippen molar-refractivity contribution >= 4 is 33.9 Å². The Hall–Kier alpha value is -1.36. The number of aromatic nitrogens is 1. The molecule has 1 unspecified atom stereocenters. The van der Waals surface area contributed by atoms with Crippen LogP contribution in [-0.2, 0) is 0 Å². The average Bonchev–Trinajstić information content (AvgIpc) is 2.98. The van der Waals surface area contributed by atoms with Gasteiger partial charge in [0.15, 0.2) is 5.58 Å². The minimum atomic E-state index is -0.286. The largest absolute Gasteiger partial charge is 0.457 e. The molecule has 1 atom stereocenters. The molecule has 2 N–H and O–H groups in total. The molecule has 86 valence electrons. The second-order valence-electron chi connectivity index (χ2n) is 3.69. The van der Waals surface area contributed by atoms with Crippen LogP contribution in [0, 0.1) is 0 Å². The van der Waals surface area contributed by atoms with Gasteiger partial charge < -0.3 is 10.2 Å². The number of nitrogens with zero attached hydrogens (tertiary/aromatic N) is 1. The molecule has 0 aliphatic heterocycles. The highest BCUT2D eigenvalue weighted by Gasteiger charge is 2.16. The normalized spacial score (nSPS) is 13.1. The van der Waals surface area contributed by atoms with Crippen molar-refractivity contribution in [1.82, 2.24) is 4.98 Å². The van der Waals surface area contributed by atoms with E-state index in [1.54, 1.807) is 17.8 Å². The van der Waals surface area contributed by atoms with Crippen molar-refractivity contribution in [3.63, 3.8) is 0 Å². The lowest BCUT2D eigenvalue weighted by atomic mass is 10.2. The lowest BCUT2D eigenvalue weighted by Crippen LogP contribution is -2.08. The first-order valence-electron chi connectivity index (χ1n) is 5.07. The molecule has 0 spiro atoms. The van der Waals surface area contributed by atoms with Crippen LogP contribution in [-0.4, -0.2) is 4.98 Å². The SMILES string of the molecule is NC(c1cc2cccc(Cl)c2o1)c1cncs1. The van der Waals surface area contributed by atoms with Crippen molar-refractivity contribution in [2.75, 3.05) is 0 Å². The number of nitrogens with two attached hydrogens (primary N) is 1. The van der Waals surface area contributed by atoms with Gasteiger partial charge in [-0.25, -0.2) is 0 Å². The van der Waals surface area contributed by atoms with Crippen LogP contribution in [0.2, 0.25) is 5.02 Å². The molecule has 0 aliphatic rings. The van der Waals surface area contributed by atoms with Crippen molar-refractivity contribution in [3.8, 4) is 0 Å². The summed E-state index contributed by atoms with van der Waals surface area (Å²) in [7, 11) is 0. The first-order chi connectivity index (χ1) is 8.25. The Kier molecular flexibility index (Phi) is 2.63. The molecule has 3 aromatic rings. The molecule has 1 aromatic carbocycles. The maximum Gasteiger partial charge on any atom is 0.152 e. The Morgan fingerprint density at radius 1 is 1.41 bits per heavy atom. The van der Waals surface area contributed by atoms with Gasteiger partial charge in [-0.3, -0.25) is 4.98 Å². The molecule has 17 heavy (non-hydrogen) atoms. The minimum Gasteiger partial charge on any atom is -0.457 e. The summed E-state index contributed by atoms with van der Waals surface area (Å²) in [6.45, 7) is 0. The minimum absolute atomic E-state index is 0.286. The smallest absolute Gasteiger partial charge is 0.152 e. The Balaban J connectivity index is 2.10. The monoisotopic (exact) mass is 264 g/mol. The molecule has 0 saturated carbocycles. The van der Waals surface area contributed by atoms with Gasteiger partial charge >= 0.3 is 0 Å². The molecule has 0 amide bonds. The van der Waals surface area contributed by atoms with Gasteiger partial charge in [-0.1, -0.05) is 23.7 Å². The molecule has 5 heteroatoms. The lowest BCUT2D eigenvalue weighted by molar-refractivity contribution is 0.527. The average molecular weight is 265 g/mol. The quantitative estimate of drug-likeness (QED) is 0.770. The van der Waals surface area contributed by atoms with Crippen LogP contribution in [0.15, 0.2) is 40.4 Å². The van der Waals surface area contributed by atoms with E-state index < -0.39 is 0 Å². The van der Waals surface area contributed by atoms with Gasteiger partial charge in [0.05, 0.1) is 16.6 Å². The van der Waals surface area contributed by atoms with Gasteiger partial charge in [-0.15, -0.1) is 11.3 Å². The first-order valence-corrected chi connectivity index (χ1v) is 6.33. The van der Waals surface area contributed by atoms with E-state index in [0.29, 0.717) is 16.4 Å². The molecule has 3 rings (SSSR count). The number of para-hydroxylation sites is 1. The van der Waals surface area contributed by atoms with Gasteiger partial charge in [0.25, 0.3) is 0 Å². The van der Waals surface area contributed by atoms with E-state index in [4.69, 9.17) is 21.8 Å². The topological polar surface area (TPSA) is 52.0 Å². The summed E-state index contributed by atoms with van der Waals surface area (Å²) in [6, 6.07) is 7.28. The zero-order chi connectivity index (χ0) is 11.8. The molecular formula is C12H9ClN2OS. The van der Waals surface area contributed by atoms with E-state index in [1.807, 2.05) is 18.2 Å². The number of rotatable bonds is 2. The summed E-state index contributed by atoms with van der Waals surface area (Å²) >= 11 is 7.57. The van der Waals surface area contributed by atoms with E-state index in [0.717, 1.165) is 10.3 Å². The number of hydrogen-bond acceptors (Lipinski definition) is 4. The van der Waals surface area contributed by atoms with Gasteiger partial charge in [0.2, 0.25) is 0 Å². The zero-order valence-corrected chi connectivity index (χ0v) is 10.3. The van der Waals surface area contributed by atoms with Crippen LogP contribution in [0.4, 0.5) is 0 Å². The lowest BCUT2D eigenvalue weighted by Gasteiger charge is -2.03. The summed E-state index contributed by atoms with van der Waals surface area (Å²) < 4.78 is 5.71. The van der Waals surface area contributed by atoms with Gasteiger partial charge in [0.1, 0.15) is 5.76 Å². The summed E-state index contributed by atoms with van der Waals surface area (Å²) in [4.78, 5) is 4.98. The first kappa shape index (κ1) is 10.8. The molecule has 0 aliphatic carbocycles. The van der Waals surface area contributed by atoms with Crippen molar-refractivity contribution in [3.05, 3.63) is 51.6 Å². The zero-order valence-electron chi connectivity index (χ0n) is 8.76.